The summed E-state index contributed by atoms with van der Waals surface area (Å²) >= 11 is 3.38. The average Bonchev–Trinajstić information content (AvgIpc) is 2.33. The first-order valence-electron chi connectivity index (χ1n) is 5.96. The number of nitrogens with one attached hydrogen (secondary N) is 1. The van der Waals surface area contributed by atoms with Gasteiger partial charge in [-0.25, -0.2) is 4.98 Å². The van der Waals surface area contributed by atoms with Crippen molar-refractivity contribution in [1.82, 2.24) is 10.3 Å². The number of aromatic nitrogens is 1. The summed E-state index contributed by atoms with van der Waals surface area (Å²) in [7, 11) is 1.67. The summed E-state index contributed by atoms with van der Waals surface area (Å²) in [6, 6.07) is 2.69. The van der Waals surface area contributed by atoms with Crippen LogP contribution >= 0.6 is 15.9 Å². The zero-order valence-electron chi connectivity index (χ0n) is 9.82. The number of anilines is 1. The summed E-state index contributed by atoms with van der Waals surface area (Å²) in [5, 5.41) is 3.45. The van der Waals surface area contributed by atoms with Crippen LogP contribution in [0.2, 0.25) is 0 Å². The Morgan fingerprint density at radius 2 is 2.47 bits per heavy atom. The van der Waals surface area contributed by atoms with Crippen molar-refractivity contribution < 1.29 is 4.74 Å². The second-order valence-electron chi connectivity index (χ2n) is 4.66. The Labute approximate surface area is 109 Å². The second-order valence-corrected chi connectivity index (χ2v) is 5.41. The number of ether oxygens (including phenoxy) is 1. The van der Waals surface area contributed by atoms with Crippen LogP contribution in [-0.2, 0) is 0 Å². The van der Waals surface area contributed by atoms with Crippen LogP contribution in [0.3, 0.4) is 0 Å². The van der Waals surface area contributed by atoms with E-state index in [-0.39, 0.29) is 0 Å². The fraction of sp³-hybridized carbons (Fsp3) is 0.583. The molecule has 2 aliphatic rings. The minimum atomic E-state index is 0.636. The fourth-order valence-electron chi connectivity index (χ4n) is 2.74. The van der Waals surface area contributed by atoms with Gasteiger partial charge in [-0.15, -0.1) is 0 Å². The summed E-state index contributed by atoms with van der Waals surface area (Å²) in [6.07, 6.45) is 3.21. The van der Waals surface area contributed by atoms with Gasteiger partial charge in [0.2, 0.25) is 0 Å². The molecule has 0 spiro atoms. The molecule has 2 atom stereocenters. The predicted octanol–water partition coefficient (Wildman–Crippen LogP) is 1.65. The highest BCUT2D eigenvalue weighted by atomic mass is 79.9. The SMILES string of the molecule is COc1cc(N2C[C@H]3CCNC[C@H]32)cnc1Br. The van der Waals surface area contributed by atoms with Crippen LogP contribution in [0.5, 0.6) is 5.75 Å². The molecule has 0 aliphatic carbocycles. The zero-order chi connectivity index (χ0) is 11.8. The number of piperidine rings is 1. The van der Waals surface area contributed by atoms with Gasteiger partial charge < -0.3 is 15.0 Å². The molecule has 1 N–H and O–H groups in total. The largest absolute Gasteiger partial charge is 0.494 e. The third-order valence-electron chi connectivity index (χ3n) is 3.77. The molecule has 0 amide bonds. The molecule has 92 valence electrons. The summed E-state index contributed by atoms with van der Waals surface area (Å²) in [6.45, 7) is 3.40. The van der Waals surface area contributed by atoms with Crippen LogP contribution in [0, 0.1) is 5.92 Å². The lowest BCUT2D eigenvalue weighted by Crippen LogP contribution is -2.63. The van der Waals surface area contributed by atoms with Gasteiger partial charge in [0.25, 0.3) is 0 Å². The molecule has 2 fully saturated rings. The Bertz CT molecular complexity index is 426. The molecular weight excluding hydrogens is 282 g/mol. The van der Waals surface area contributed by atoms with Crippen molar-refractivity contribution in [3.05, 3.63) is 16.9 Å². The van der Waals surface area contributed by atoms with Crippen molar-refractivity contribution in [2.75, 3.05) is 31.6 Å². The van der Waals surface area contributed by atoms with Gasteiger partial charge >= 0.3 is 0 Å². The van der Waals surface area contributed by atoms with Crippen LogP contribution in [0.1, 0.15) is 6.42 Å². The molecule has 0 unspecified atom stereocenters. The van der Waals surface area contributed by atoms with Gasteiger partial charge in [0.1, 0.15) is 4.60 Å². The van der Waals surface area contributed by atoms with Crippen LogP contribution in [0.15, 0.2) is 16.9 Å². The molecule has 0 aromatic carbocycles. The van der Waals surface area contributed by atoms with Crippen molar-refractivity contribution in [3.8, 4) is 5.75 Å². The molecule has 0 bridgehead atoms. The first-order valence-corrected chi connectivity index (χ1v) is 6.76. The molecule has 0 saturated carbocycles. The van der Waals surface area contributed by atoms with Gasteiger partial charge in [-0.05, 0) is 34.8 Å². The Balaban J connectivity index is 1.81. The number of halogens is 1. The molecule has 2 aliphatic heterocycles. The normalized spacial score (nSPS) is 27.3. The maximum atomic E-state index is 5.29. The van der Waals surface area contributed by atoms with E-state index in [9.17, 15) is 0 Å². The van der Waals surface area contributed by atoms with E-state index < -0.39 is 0 Å². The van der Waals surface area contributed by atoms with E-state index in [0.717, 1.165) is 41.6 Å². The van der Waals surface area contributed by atoms with Crippen LogP contribution < -0.4 is 15.0 Å². The van der Waals surface area contributed by atoms with Gasteiger partial charge in [-0.1, -0.05) is 0 Å². The molecule has 5 heteroatoms. The third kappa shape index (κ3) is 1.91. The van der Waals surface area contributed by atoms with E-state index in [2.05, 4.69) is 37.2 Å². The number of rotatable bonds is 2. The topological polar surface area (TPSA) is 37.4 Å². The average molecular weight is 298 g/mol. The maximum Gasteiger partial charge on any atom is 0.153 e. The fourth-order valence-corrected chi connectivity index (χ4v) is 3.12. The summed E-state index contributed by atoms with van der Waals surface area (Å²) < 4.78 is 6.06. The Morgan fingerprint density at radius 1 is 1.59 bits per heavy atom. The molecule has 1 aromatic rings. The van der Waals surface area contributed by atoms with Crippen molar-refractivity contribution in [2.45, 2.75) is 12.5 Å². The molecule has 2 saturated heterocycles. The lowest BCUT2D eigenvalue weighted by atomic mass is 9.83. The number of pyridine rings is 1. The third-order valence-corrected chi connectivity index (χ3v) is 4.36. The Morgan fingerprint density at radius 3 is 3.24 bits per heavy atom. The lowest BCUT2D eigenvalue weighted by Gasteiger charge is -2.52. The van der Waals surface area contributed by atoms with E-state index in [4.69, 9.17) is 4.74 Å². The standard InChI is InChI=1S/C12H16BrN3O/c1-17-11-4-9(5-15-12(11)13)16-7-8-2-3-14-6-10(8)16/h4-5,8,10,14H,2-3,6-7H2,1H3/t8-,10-/m1/s1. The van der Waals surface area contributed by atoms with Crippen LogP contribution in [0.25, 0.3) is 0 Å². The molecule has 3 heterocycles. The summed E-state index contributed by atoms with van der Waals surface area (Å²) in [4.78, 5) is 6.74. The van der Waals surface area contributed by atoms with Crippen molar-refractivity contribution in [1.29, 1.82) is 0 Å². The van der Waals surface area contributed by atoms with Crippen molar-refractivity contribution in [2.24, 2.45) is 5.92 Å². The number of hydrogen-bond acceptors (Lipinski definition) is 4. The quantitative estimate of drug-likeness (QED) is 0.843. The number of fused-ring (bicyclic) bond motifs is 1. The second kappa shape index (κ2) is 4.46. The maximum absolute atomic E-state index is 5.29. The van der Waals surface area contributed by atoms with E-state index in [0.29, 0.717) is 6.04 Å². The van der Waals surface area contributed by atoms with Crippen LogP contribution in [-0.4, -0.2) is 37.8 Å². The first-order chi connectivity index (χ1) is 8.29. The van der Waals surface area contributed by atoms with Gasteiger partial charge in [0.05, 0.1) is 19.0 Å². The molecular formula is C12H16BrN3O. The highest BCUT2D eigenvalue weighted by Crippen LogP contribution is 2.36. The molecule has 4 nitrogen and oxygen atoms in total. The molecule has 0 radical (unpaired) electrons. The minimum Gasteiger partial charge on any atom is -0.494 e. The van der Waals surface area contributed by atoms with Crippen LogP contribution in [0.4, 0.5) is 5.69 Å². The van der Waals surface area contributed by atoms with E-state index in [1.165, 1.54) is 6.42 Å². The van der Waals surface area contributed by atoms with E-state index in [1.54, 1.807) is 7.11 Å². The van der Waals surface area contributed by atoms with Crippen molar-refractivity contribution >= 4 is 21.6 Å². The smallest absolute Gasteiger partial charge is 0.153 e. The van der Waals surface area contributed by atoms with Gasteiger partial charge in [-0.3, -0.25) is 0 Å². The zero-order valence-corrected chi connectivity index (χ0v) is 11.4. The van der Waals surface area contributed by atoms with Crippen molar-refractivity contribution in [3.63, 3.8) is 0 Å². The number of methoxy groups -OCH3 is 1. The monoisotopic (exact) mass is 297 g/mol. The molecule has 17 heavy (non-hydrogen) atoms. The van der Waals surface area contributed by atoms with E-state index in [1.807, 2.05) is 6.20 Å². The number of nitrogens with zero attached hydrogens (tertiary/aromatic N) is 2. The molecule has 3 rings (SSSR count). The molecule has 1 aromatic heterocycles. The predicted molar refractivity (Wildman–Crippen MR) is 70.6 cm³/mol. The highest BCUT2D eigenvalue weighted by Gasteiger charge is 2.40. The lowest BCUT2D eigenvalue weighted by molar-refractivity contribution is 0.228. The van der Waals surface area contributed by atoms with Gasteiger partial charge in [0, 0.05) is 25.2 Å². The minimum absolute atomic E-state index is 0.636. The summed E-state index contributed by atoms with van der Waals surface area (Å²) in [5.41, 5.74) is 1.16. The highest BCUT2D eigenvalue weighted by molar-refractivity contribution is 9.10. The number of hydrogen-bond donors (Lipinski definition) is 1. The Hall–Kier alpha value is -0.810. The van der Waals surface area contributed by atoms with Gasteiger partial charge in [-0.2, -0.15) is 0 Å². The van der Waals surface area contributed by atoms with E-state index >= 15 is 0 Å². The first kappa shape index (κ1) is 11.3. The van der Waals surface area contributed by atoms with Gasteiger partial charge in [0.15, 0.2) is 5.75 Å². The Kier molecular flexibility index (Phi) is 2.96. The summed E-state index contributed by atoms with van der Waals surface area (Å²) in [5.74, 6) is 1.65.